The molecular formula is C14H18N2O. The van der Waals surface area contributed by atoms with Crippen molar-refractivity contribution in [3.8, 4) is 0 Å². The molecule has 0 saturated heterocycles. The number of amides is 2. The molecule has 0 atom stereocenters. The molecule has 0 aliphatic heterocycles. The van der Waals surface area contributed by atoms with Gasteiger partial charge in [0.25, 0.3) is 0 Å². The molecule has 1 aromatic carbocycles. The van der Waals surface area contributed by atoms with E-state index in [1.54, 1.807) is 0 Å². The molecule has 3 heteroatoms. The summed E-state index contributed by atoms with van der Waals surface area (Å²) >= 11 is 0. The maximum atomic E-state index is 11.6. The molecule has 2 fully saturated rings. The molecule has 3 nitrogen and oxygen atoms in total. The Hall–Kier alpha value is -1.51. The van der Waals surface area contributed by atoms with Gasteiger partial charge in [0, 0.05) is 18.0 Å². The lowest BCUT2D eigenvalue weighted by molar-refractivity contribution is 0.239. The zero-order valence-electron chi connectivity index (χ0n) is 9.91. The third-order valence-electron chi connectivity index (χ3n) is 3.74. The van der Waals surface area contributed by atoms with Crippen LogP contribution in [0, 0.1) is 0 Å². The van der Waals surface area contributed by atoms with Crippen LogP contribution in [-0.2, 0) is 5.41 Å². The number of hydrogen-bond donors (Lipinski definition) is 2. The smallest absolute Gasteiger partial charge is 0.315 e. The van der Waals surface area contributed by atoms with E-state index in [2.05, 4.69) is 34.9 Å². The summed E-state index contributed by atoms with van der Waals surface area (Å²) in [7, 11) is 0. The molecular weight excluding hydrogens is 212 g/mol. The Kier molecular flexibility index (Phi) is 2.54. The van der Waals surface area contributed by atoms with Crippen LogP contribution in [0.5, 0.6) is 0 Å². The molecule has 0 bridgehead atoms. The molecule has 90 valence electrons. The number of urea groups is 1. The summed E-state index contributed by atoms with van der Waals surface area (Å²) in [6, 6.07) is 10.9. The van der Waals surface area contributed by atoms with Crippen molar-refractivity contribution in [1.29, 1.82) is 0 Å². The normalized spacial score (nSPS) is 20.7. The van der Waals surface area contributed by atoms with E-state index >= 15 is 0 Å². The van der Waals surface area contributed by atoms with E-state index < -0.39 is 0 Å². The summed E-state index contributed by atoms with van der Waals surface area (Å²) in [5.74, 6) is 0. The second-order valence-corrected chi connectivity index (χ2v) is 5.25. The van der Waals surface area contributed by atoms with Crippen LogP contribution in [0.15, 0.2) is 30.3 Å². The summed E-state index contributed by atoms with van der Waals surface area (Å²) in [4.78, 5) is 11.6. The molecule has 1 aromatic rings. The number of carbonyl (C=O) groups is 1. The lowest BCUT2D eigenvalue weighted by Crippen LogP contribution is -2.40. The third kappa shape index (κ3) is 2.43. The van der Waals surface area contributed by atoms with Crippen LogP contribution in [0.3, 0.4) is 0 Å². The van der Waals surface area contributed by atoms with E-state index in [-0.39, 0.29) is 11.4 Å². The first-order valence-electron chi connectivity index (χ1n) is 6.38. The van der Waals surface area contributed by atoms with E-state index in [1.165, 1.54) is 18.4 Å². The first kappa shape index (κ1) is 10.6. The van der Waals surface area contributed by atoms with Crippen molar-refractivity contribution in [1.82, 2.24) is 10.6 Å². The first-order chi connectivity index (χ1) is 8.28. The van der Waals surface area contributed by atoms with Crippen LogP contribution in [-0.4, -0.2) is 18.6 Å². The molecule has 0 spiro atoms. The van der Waals surface area contributed by atoms with Crippen LogP contribution < -0.4 is 10.6 Å². The number of carbonyl (C=O) groups excluding carboxylic acids is 1. The van der Waals surface area contributed by atoms with Crippen LogP contribution in [0.1, 0.15) is 31.2 Å². The Morgan fingerprint density at radius 2 is 1.94 bits per heavy atom. The Morgan fingerprint density at radius 1 is 1.24 bits per heavy atom. The van der Waals surface area contributed by atoms with Crippen LogP contribution >= 0.6 is 0 Å². The summed E-state index contributed by atoms with van der Waals surface area (Å²) in [6.45, 7) is 0.759. The maximum Gasteiger partial charge on any atom is 0.315 e. The monoisotopic (exact) mass is 230 g/mol. The fourth-order valence-electron chi connectivity index (χ4n) is 2.22. The Morgan fingerprint density at radius 3 is 2.53 bits per heavy atom. The first-order valence-corrected chi connectivity index (χ1v) is 6.38. The van der Waals surface area contributed by atoms with E-state index in [4.69, 9.17) is 0 Å². The van der Waals surface area contributed by atoms with Crippen molar-refractivity contribution in [2.24, 2.45) is 0 Å². The average molecular weight is 230 g/mol. The van der Waals surface area contributed by atoms with Gasteiger partial charge in [0.1, 0.15) is 0 Å². The van der Waals surface area contributed by atoms with Crippen molar-refractivity contribution >= 4 is 6.03 Å². The van der Waals surface area contributed by atoms with Crippen LogP contribution in [0.25, 0.3) is 0 Å². The number of benzene rings is 1. The van der Waals surface area contributed by atoms with Gasteiger partial charge in [0.05, 0.1) is 0 Å². The van der Waals surface area contributed by atoms with Gasteiger partial charge in [-0.05, 0) is 31.2 Å². The van der Waals surface area contributed by atoms with Gasteiger partial charge in [-0.2, -0.15) is 0 Å². The zero-order chi connectivity index (χ0) is 11.7. The van der Waals surface area contributed by atoms with Crippen molar-refractivity contribution in [2.45, 2.75) is 37.1 Å². The third-order valence-corrected chi connectivity index (χ3v) is 3.74. The van der Waals surface area contributed by atoms with Gasteiger partial charge in [-0.15, -0.1) is 0 Å². The summed E-state index contributed by atoms with van der Waals surface area (Å²) < 4.78 is 0. The highest BCUT2D eigenvalue weighted by molar-refractivity contribution is 5.74. The minimum Gasteiger partial charge on any atom is -0.337 e. The largest absolute Gasteiger partial charge is 0.337 e. The highest BCUT2D eigenvalue weighted by Gasteiger charge is 2.44. The van der Waals surface area contributed by atoms with Gasteiger partial charge in [0.15, 0.2) is 0 Å². The molecule has 2 saturated carbocycles. The summed E-state index contributed by atoms with van der Waals surface area (Å²) in [6.07, 6.45) is 4.63. The number of hydrogen-bond acceptors (Lipinski definition) is 1. The topological polar surface area (TPSA) is 41.1 Å². The minimum absolute atomic E-state index is 0.00490. The lowest BCUT2D eigenvalue weighted by Gasteiger charge is -2.16. The van der Waals surface area contributed by atoms with Crippen molar-refractivity contribution in [2.75, 3.05) is 6.54 Å². The van der Waals surface area contributed by atoms with E-state index in [0.29, 0.717) is 6.04 Å². The number of nitrogens with one attached hydrogen (secondary N) is 2. The van der Waals surface area contributed by atoms with Crippen molar-refractivity contribution < 1.29 is 4.79 Å². The second-order valence-electron chi connectivity index (χ2n) is 5.25. The van der Waals surface area contributed by atoms with Gasteiger partial charge in [-0.3, -0.25) is 0 Å². The predicted octanol–water partition coefficient (Wildman–Crippen LogP) is 2.18. The van der Waals surface area contributed by atoms with Crippen molar-refractivity contribution in [3.63, 3.8) is 0 Å². The van der Waals surface area contributed by atoms with Crippen molar-refractivity contribution in [3.05, 3.63) is 35.9 Å². The number of rotatable bonds is 4. The van der Waals surface area contributed by atoms with Gasteiger partial charge < -0.3 is 10.6 Å². The highest BCUT2D eigenvalue weighted by Crippen LogP contribution is 2.47. The molecule has 2 amide bonds. The van der Waals surface area contributed by atoms with Gasteiger partial charge in [0.2, 0.25) is 0 Å². The Balaban J connectivity index is 1.55. The maximum absolute atomic E-state index is 11.6. The van der Waals surface area contributed by atoms with Gasteiger partial charge in [-0.25, -0.2) is 4.79 Å². The predicted molar refractivity (Wildman–Crippen MR) is 66.9 cm³/mol. The molecule has 0 radical (unpaired) electrons. The quantitative estimate of drug-likeness (QED) is 0.818. The average Bonchev–Trinajstić information content (AvgIpc) is 3.24. The molecule has 0 aromatic heterocycles. The molecule has 0 unspecified atom stereocenters. The summed E-state index contributed by atoms with van der Waals surface area (Å²) in [5, 5.41) is 5.96. The molecule has 0 heterocycles. The fourth-order valence-corrected chi connectivity index (χ4v) is 2.22. The van der Waals surface area contributed by atoms with E-state index in [9.17, 15) is 4.79 Å². The SMILES string of the molecule is O=C(NCC1(c2ccccc2)CC1)NC1CC1. The minimum atomic E-state index is -0.00490. The molecule has 2 aliphatic carbocycles. The molecule has 17 heavy (non-hydrogen) atoms. The molecule has 2 N–H and O–H groups in total. The van der Waals surface area contributed by atoms with Gasteiger partial charge in [-0.1, -0.05) is 30.3 Å². The standard InChI is InChI=1S/C14H18N2O/c17-13(16-12-6-7-12)15-10-14(8-9-14)11-4-2-1-3-5-11/h1-5,12H,6-10H2,(H2,15,16,17). The van der Waals surface area contributed by atoms with E-state index in [1.807, 2.05) is 6.07 Å². The van der Waals surface area contributed by atoms with Crippen LogP contribution in [0.4, 0.5) is 4.79 Å². The molecule has 3 rings (SSSR count). The lowest BCUT2D eigenvalue weighted by atomic mass is 9.96. The second kappa shape index (κ2) is 4.06. The molecule has 2 aliphatic rings. The fraction of sp³-hybridized carbons (Fsp3) is 0.500. The van der Waals surface area contributed by atoms with Gasteiger partial charge >= 0.3 is 6.03 Å². The van der Waals surface area contributed by atoms with Crippen LogP contribution in [0.2, 0.25) is 0 Å². The summed E-state index contributed by atoms with van der Waals surface area (Å²) in [5.41, 5.74) is 1.56. The Bertz CT molecular complexity index is 407. The highest BCUT2D eigenvalue weighted by atomic mass is 16.2. The Labute approximate surface area is 102 Å². The van der Waals surface area contributed by atoms with E-state index in [0.717, 1.165) is 19.4 Å². The zero-order valence-corrected chi connectivity index (χ0v) is 9.91.